The molecule has 1 N–H and O–H groups in total. The average Bonchev–Trinajstić information content (AvgIpc) is 2.89. The quantitative estimate of drug-likeness (QED) is 0.846. The smallest absolute Gasteiger partial charge is 0.313 e. The molecule has 0 fully saturated rings. The van der Waals surface area contributed by atoms with Gasteiger partial charge in [0.05, 0.1) is 17.0 Å². The number of carboxylic acid groups (broad SMARTS) is 1. The van der Waals surface area contributed by atoms with Gasteiger partial charge in [-0.05, 0) is 20.8 Å². The van der Waals surface area contributed by atoms with E-state index in [-0.39, 0.29) is 11.8 Å². The Bertz CT molecular complexity index is 632. The molecule has 0 spiro atoms. The van der Waals surface area contributed by atoms with Crippen molar-refractivity contribution in [1.29, 1.82) is 0 Å². The van der Waals surface area contributed by atoms with Gasteiger partial charge < -0.3 is 5.11 Å². The van der Waals surface area contributed by atoms with Crippen molar-refractivity contribution in [2.45, 2.75) is 32.0 Å². The third-order valence-corrected chi connectivity index (χ3v) is 3.69. The number of thioether (sulfide) groups is 1. The highest BCUT2D eigenvalue weighted by Crippen LogP contribution is 2.28. The van der Waals surface area contributed by atoms with Crippen LogP contribution in [0.15, 0.2) is 11.4 Å². The topological polar surface area (TPSA) is 85.8 Å². The Kier molecular flexibility index (Phi) is 4.12. The third-order valence-electron chi connectivity index (χ3n) is 2.76. The summed E-state index contributed by atoms with van der Waals surface area (Å²) in [4.78, 5) is 10.7. The molecule has 0 aliphatic heterocycles. The summed E-state index contributed by atoms with van der Waals surface area (Å²) >= 11 is 1.17. The number of aryl methyl sites for hydroxylation is 2. The minimum atomic E-state index is -0.868. The fraction of sp³-hybridized carbons (Fsp3) is 0.500. The fourth-order valence-corrected chi connectivity index (χ4v) is 2.76. The van der Waals surface area contributed by atoms with Gasteiger partial charge in [-0.15, -0.1) is 10.2 Å². The van der Waals surface area contributed by atoms with Gasteiger partial charge in [-0.3, -0.25) is 14.0 Å². The van der Waals surface area contributed by atoms with Crippen LogP contribution in [0.1, 0.15) is 25.6 Å². The van der Waals surface area contributed by atoms with E-state index >= 15 is 0 Å². The van der Waals surface area contributed by atoms with Crippen LogP contribution in [0.2, 0.25) is 0 Å². The Hall–Kier alpha value is -1.83. The van der Waals surface area contributed by atoms with E-state index in [0.717, 1.165) is 17.1 Å². The highest BCUT2D eigenvalue weighted by molar-refractivity contribution is 7.99. The van der Waals surface area contributed by atoms with Gasteiger partial charge in [0, 0.05) is 19.3 Å². The van der Waals surface area contributed by atoms with Crippen molar-refractivity contribution in [2.75, 3.05) is 5.75 Å². The Labute approximate surface area is 121 Å². The number of nitrogens with zero attached hydrogens (tertiary/aromatic N) is 5. The zero-order chi connectivity index (χ0) is 14.9. The Morgan fingerprint density at radius 1 is 1.45 bits per heavy atom. The molecule has 0 saturated carbocycles. The van der Waals surface area contributed by atoms with E-state index in [1.807, 2.05) is 38.6 Å². The third kappa shape index (κ3) is 2.84. The van der Waals surface area contributed by atoms with E-state index in [1.54, 1.807) is 4.68 Å². The molecule has 0 unspecified atom stereocenters. The molecule has 2 aromatic heterocycles. The molecule has 8 heteroatoms. The van der Waals surface area contributed by atoms with Crippen LogP contribution >= 0.6 is 11.8 Å². The first-order valence-electron chi connectivity index (χ1n) is 6.20. The molecule has 0 bridgehead atoms. The van der Waals surface area contributed by atoms with E-state index in [4.69, 9.17) is 5.11 Å². The van der Waals surface area contributed by atoms with Crippen molar-refractivity contribution in [2.24, 2.45) is 7.05 Å². The molecule has 2 rings (SSSR count). The lowest BCUT2D eigenvalue weighted by atomic mass is 10.2. The van der Waals surface area contributed by atoms with Gasteiger partial charge in [-0.1, -0.05) is 11.8 Å². The molecule has 2 aromatic rings. The number of hydrogen-bond acceptors (Lipinski definition) is 5. The zero-order valence-corrected chi connectivity index (χ0v) is 12.7. The Morgan fingerprint density at radius 3 is 2.65 bits per heavy atom. The SMILES string of the molecule is Cc1nn(C)cc1-c1nnc(SCC(=O)O)n1C(C)C. The van der Waals surface area contributed by atoms with Gasteiger partial charge in [0.25, 0.3) is 0 Å². The molecule has 0 aromatic carbocycles. The number of carbonyl (C=O) groups is 1. The highest BCUT2D eigenvalue weighted by Gasteiger charge is 2.20. The molecule has 108 valence electrons. The first kappa shape index (κ1) is 14.6. The lowest BCUT2D eigenvalue weighted by molar-refractivity contribution is -0.133. The number of aromatic nitrogens is 5. The summed E-state index contributed by atoms with van der Waals surface area (Å²) in [5.41, 5.74) is 1.78. The maximum absolute atomic E-state index is 10.7. The second kappa shape index (κ2) is 5.66. The average molecular weight is 295 g/mol. The number of hydrogen-bond donors (Lipinski definition) is 1. The number of carboxylic acids is 1. The van der Waals surface area contributed by atoms with Crippen molar-refractivity contribution >= 4 is 17.7 Å². The predicted octanol–water partition coefficient (Wildman–Crippen LogP) is 1.74. The maximum Gasteiger partial charge on any atom is 0.313 e. The van der Waals surface area contributed by atoms with Crippen LogP contribution in [0.3, 0.4) is 0 Å². The molecule has 7 nitrogen and oxygen atoms in total. The van der Waals surface area contributed by atoms with Gasteiger partial charge in [0.2, 0.25) is 0 Å². The number of aliphatic carboxylic acids is 1. The van der Waals surface area contributed by atoms with Gasteiger partial charge in [-0.25, -0.2) is 0 Å². The molecule has 2 heterocycles. The molecule has 0 aliphatic carbocycles. The molecular formula is C12H17N5O2S. The molecule has 0 radical (unpaired) electrons. The second-order valence-corrected chi connectivity index (χ2v) is 5.70. The number of rotatable bonds is 5. The second-order valence-electron chi connectivity index (χ2n) is 4.75. The first-order valence-corrected chi connectivity index (χ1v) is 7.18. The molecule has 0 atom stereocenters. The first-order chi connectivity index (χ1) is 9.40. The fourth-order valence-electron chi connectivity index (χ4n) is 1.97. The molecular weight excluding hydrogens is 278 g/mol. The lowest BCUT2D eigenvalue weighted by Crippen LogP contribution is -2.07. The van der Waals surface area contributed by atoms with Crippen LogP contribution in [0.5, 0.6) is 0 Å². The summed E-state index contributed by atoms with van der Waals surface area (Å²) in [6.07, 6.45) is 1.89. The summed E-state index contributed by atoms with van der Waals surface area (Å²) in [5.74, 6) is -0.178. The maximum atomic E-state index is 10.7. The minimum absolute atomic E-state index is 0.0309. The van der Waals surface area contributed by atoms with E-state index in [0.29, 0.717) is 5.16 Å². The van der Waals surface area contributed by atoms with Crippen LogP contribution in [0.25, 0.3) is 11.4 Å². The minimum Gasteiger partial charge on any atom is -0.481 e. The van der Waals surface area contributed by atoms with Crippen molar-refractivity contribution in [3.05, 3.63) is 11.9 Å². The monoisotopic (exact) mass is 295 g/mol. The van der Waals surface area contributed by atoms with Crippen molar-refractivity contribution in [3.63, 3.8) is 0 Å². The van der Waals surface area contributed by atoms with E-state index in [1.165, 1.54) is 11.8 Å². The molecule has 20 heavy (non-hydrogen) atoms. The normalized spacial score (nSPS) is 11.2. The van der Waals surface area contributed by atoms with E-state index in [9.17, 15) is 4.79 Å². The summed E-state index contributed by atoms with van der Waals surface area (Å²) in [7, 11) is 1.85. The van der Waals surface area contributed by atoms with Gasteiger partial charge in [-0.2, -0.15) is 5.10 Å². The molecule has 0 amide bonds. The van der Waals surface area contributed by atoms with E-state index in [2.05, 4.69) is 15.3 Å². The summed E-state index contributed by atoms with van der Waals surface area (Å²) in [6.45, 7) is 5.95. The zero-order valence-electron chi connectivity index (χ0n) is 11.9. The van der Waals surface area contributed by atoms with Crippen molar-refractivity contribution < 1.29 is 9.90 Å². The van der Waals surface area contributed by atoms with Gasteiger partial charge >= 0.3 is 5.97 Å². The van der Waals surface area contributed by atoms with Crippen molar-refractivity contribution in [1.82, 2.24) is 24.5 Å². The van der Waals surface area contributed by atoms with Crippen LogP contribution in [-0.4, -0.2) is 41.4 Å². The summed E-state index contributed by atoms with van der Waals surface area (Å²) in [6, 6.07) is 0.135. The molecule has 0 saturated heterocycles. The Balaban J connectivity index is 2.44. The molecule has 0 aliphatic rings. The summed E-state index contributed by atoms with van der Waals surface area (Å²) < 4.78 is 3.67. The Morgan fingerprint density at radius 2 is 2.15 bits per heavy atom. The van der Waals surface area contributed by atoms with Gasteiger partial charge in [0.1, 0.15) is 0 Å². The summed E-state index contributed by atoms with van der Waals surface area (Å²) in [5, 5.41) is 22.0. The van der Waals surface area contributed by atoms with Crippen LogP contribution in [0.4, 0.5) is 0 Å². The predicted molar refractivity (Wildman–Crippen MR) is 75.7 cm³/mol. The van der Waals surface area contributed by atoms with Crippen LogP contribution < -0.4 is 0 Å². The van der Waals surface area contributed by atoms with Crippen LogP contribution in [-0.2, 0) is 11.8 Å². The van der Waals surface area contributed by atoms with Crippen molar-refractivity contribution in [3.8, 4) is 11.4 Å². The van der Waals surface area contributed by atoms with Gasteiger partial charge in [0.15, 0.2) is 11.0 Å². The largest absolute Gasteiger partial charge is 0.481 e. The highest BCUT2D eigenvalue weighted by atomic mass is 32.2. The van der Waals surface area contributed by atoms with Crippen LogP contribution in [0, 0.1) is 6.92 Å². The lowest BCUT2D eigenvalue weighted by Gasteiger charge is -2.12. The van der Waals surface area contributed by atoms with E-state index < -0.39 is 5.97 Å². The standard InChI is InChI=1S/C12H17N5O2S/c1-7(2)17-11(9-5-16(4)15-8(9)3)13-14-12(17)20-6-10(18)19/h5,7H,6H2,1-4H3,(H,18,19).